The number of carbonyl (C=O) groups excluding carboxylic acids is 1. The first-order chi connectivity index (χ1) is 12.8. The Kier molecular flexibility index (Phi) is 6.14. The summed E-state index contributed by atoms with van der Waals surface area (Å²) in [5.41, 5.74) is 0.683. The highest BCUT2D eigenvalue weighted by atomic mass is 35.5. The van der Waals surface area contributed by atoms with Crippen LogP contribution in [0.15, 0.2) is 28.8 Å². The molecule has 3 rings (SSSR count). The van der Waals surface area contributed by atoms with E-state index in [1.807, 2.05) is 45.0 Å². The van der Waals surface area contributed by atoms with Crippen LogP contribution >= 0.6 is 11.6 Å². The van der Waals surface area contributed by atoms with Crippen LogP contribution in [0.25, 0.3) is 11.4 Å². The van der Waals surface area contributed by atoms with Gasteiger partial charge in [0.2, 0.25) is 17.6 Å². The van der Waals surface area contributed by atoms with Gasteiger partial charge in [0.25, 0.3) is 0 Å². The molecule has 0 radical (unpaired) electrons. The molecular weight excluding hydrogens is 366 g/mol. The Morgan fingerprint density at radius 3 is 2.41 bits per heavy atom. The molecule has 0 unspecified atom stereocenters. The van der Waals surface area contributed by atoms with Crippen LogP contribution in [-0.4, -0.2) is 64.1 Å². The second kappa shape index (κ2) is 8.37. The summed E-state index contributed by atoms with van der Waals surface area (Å²) < 4.78 is 5.38. The van der Waals surface area contributed by atoms with Crippen molar-refractivity contribution < 1.29 is 9.32 Å². The van der Waals surface area contributed by atoms with E-state index in [1.165, 1.54) is 0 Å². The minimum atomic E-state index is -0.196. The monoisotopic (exact) mass is 391 g/mol. The van der Waals surface area contributed by atoms with Crippen LogP contribution in [0.1, 0.15) is 26.7 Å². The molecule has 1 aromatic heterocycles. The van der Waals surface area contributed by atoms with Crippen LogP contribution in [0, 0.1) is 0 Å². The maximum absolute atomic E-state index is 12.1. The third kappa shape index (κ3) is 6.02. The summed E-state index contributed by atoms with van der Waals surface area (Å²) in [5.74, 6) is 1.23. The largest absolute Gasteiger partial charge is 0.350 e. The van der Waals surface area contributed by atoms with E-state index in [4.69, 9.17) is 16.1 Å². The molecule has 27 heavy (non-hydrogen) atoms. The quantitative estimate of drug-likeness (QED) is 0.843. The summed E-state index contributed by atoms with van der Waals surface area (Å²) >= 11 is 5.91. The standard InChI is InChI=1S/C19H26ClN5O2/c1-19(2,3)22-16(26)12-24-8-10-25(11-9-24)13-17-21-18(23-27-17)14-4-6-15(20)7-5-14/h4-7H,8-13H2,1-3H3,(H,22,26). The molecule has 7 nitrogen and oxygen atoms in total. The van der Waals surface area contributed by atoms with E-state index >= 15 is 0 Å². The molecule has 0 saturated carbocycles. The fraction of sp³-hybridized carbons (Fsp3) is 0.526. The summed E-state index contributed by atoms with van der Waals surface area (Å²) in [6, 6.07) is 7.36. The third-order valence-electron chi connectivity index (χ3n) is 4.28. The van der Waals surface area contributed by atoms with Gasteiger partial charge in [0.1, 0.15) is 0 Å². The number of nitrogens with zero attached hydrogens (tertiary/aromatic N) is 4. The van der Waals surface area contributed by atoms with E-state index in [2.05, 4.69) is 25.3 Å². The zero-order chi connectivity index (χ0) is 19.4. The molecule has 1 fully saturated rings. The van der Waals surface area contributed by atoms with E-state index < -0.39 is 0 Å². The molecule has 0 bridgehead atoms. The lowest BCUT2D eigenvalue weighted by Crippen LogP contribution is -2.51. The Balaban J connectivity index is 1.47. The molecule has 1 saturated heterocycles. The van der Waals surface area contributed by atoms with Crippen molar-refractivity contribution in [2.24, 2.45) is 0 Å². The van der Waals surface area contributed by atoms with Crippen molar-refractivity contribution in [1.82, 2.24) is 25.3 Å². The number of benzene rings is 1. The van der Waals surface area contributed by atoms with Crippen LogP contribution in [-0.2, 0) is 11.3 Å². The summed E-state index contributed by atoms with van der Waals surface area (Å²) in [4.78, 5) is 21.0. The van der Waals surface area contributed by atoms with Gasteiger partial charge in [-0.15, -0.1) is 0 Å². The summed E-state index contributed by atoms with van der Waals surface area (Å²) in [6.45, 7) is 10.4. The predicted octanol–water partition coefficient (Wildman–Crippen LogP) is 2.42. The number of hydrogen-bond acceptors (Lipinski definition) is 6. The van der Waals surface area contributed by atoms with Gasteiger partial charge in [-0.2, -0.15) is 4.98 Å². The fourth-order valence-electron chi connectivity index (χ4n) is 2.99. The van der Waals surface area contributed by atoms with Crippen molar-refractivity contribution >= 4 is 17.5 Å². The number of nitrogens with one attached hydrogen (secondary N) is 1. The molecule has 1 aromatic carbocycles. The average Bonchev–Trinajstić information content (AvgIpc) is 3.04. The molecule has 0 aliphatic carbocycles. The Labute approximate surface area is 164 Å². The van der Waals surface area contributed by atoms with Crippen molar-refractivity contribution in [3.63, 3.8) is 0 Å². The third-order valence-corrected chi connectivity index (χ3v) is 4.53. The van der Waals surface area contributed by atoms with Gasteiger partial charge in [-0.05, 0) is 45.0 Å². The lowest BCUT2D eigenvalue weighted by Gasteiger charge is -2.34. The molecular formula is C19H26ClN5O2. The SMILES string of the molecule is CC(C)(C)NC(=O)CN1CCN(Cc2nc(-c3ccc(Cl)cc3)no2)CC1. The van der Waals surface area contributed by atoms with Crippen LogP contribution in [0.3, 0.4) is 0 Å². The molecule has 0 atom stereocenters. The number of rotatable bonds is 5. The first-order valence-electron chi connectivity index (χ1n) is 9.13. The summed E-state index contributed by atoms with van der Waals surface area (Å²) in [6.07, 6.45) is 0. The summed E-state index contributed by atoms with van der Waals surface area (Å²) in [7, 11) is 0. The lowest BCUT2D eigenvalue weighted by atomic mass is 10.1. The highest BCUT2D eigenvalue weighted by Crippen LogP contribution is 2.19. The maximum Gasteiger partial charge on any atom is 0.241 e. The van der Waals surface area contributed by atoms with Crippen molar-refractivity contribution in [2.45, 2.75) is 32.9 Å². The first-order valence-corrected chi connectivity index (χ1v) is 9.50. The van der Waals surface area contributed by atoms with Gasteiger partial charge in [-0.1, -0.05) is 16.8 Å². The van der Waals surface area contributed by atoms with Crippen LogP contribution in [0.4, 0.5) is 0 Å². The average molecular weight is 392 g/mol. The van der Waals surface area contributed by atoms with Gasteiger partial charge in [0.15, 0.2) is 0 Å². The predicted molar refractivity (Wildman–Crippen MR) is 104 cm³/mol. The van der Waals surface area contributed by atoms with E-state index in [0.717, 1.165) is 31.7 Å². The second-order valence-electron chi connectivity index (χ2n) is 7.87. The minimum Gasteiger partial charge on any atom is -0.350 e. The Hall–Kier alpha value is -1.96. The molecule has 1 N–H and O–H groups in total. The van der Waals surface area contributed by atoms with E-state index in [0.29, 0.717) is 29.8 Å². The van der Waals surface area contributed by atoms with E-state index in [1.54, 1.807) is 0 Å². The first kappa shape index (κ1) is 19.8. The van der Waals surface area contributed by atoms with Crippen molar-refractivity contribution in [2.75, 3.05) is 32.7 Å². The molecule has 146 valence electrons. The molecule has 2 heterocycles. The van der Waals surface area contributed by atoms with Crippen LogP contribution < -0.4 is 5.32 Å². The Bertz CT molecular complexity index is 761. The second-order valence-corrected chi connectivity index (χ2v) is 8.31. The number of piperazine rings is 1. The maximum atomic E-state index is 12.1. The van der Waals surface area contributed by atoms with Crippen LogP contribution in [0.5, 0.6) is 0 Å². The molecule has 1 aliphatic rings. The van der Waals surface area contributed by atoms with Crippen molar-refractivity contribution in [3.8, 4) is 11.4 Å². The number of amides is 1. The van der Waals surface area contributed by atoms with Gasteiger partial charge >= 0.3 is 0 Å². The van der Waals surface area contributed by atoms with Gasteiger partial charge in [-0.3, -0.25) is 14.6 Å². The topological polar surface area (TPSA) is 74.5 Å². The van der Waals surface area contributed by atoms with Gasteiger partial charge in [0, 0.05) is 42.3 Å². The number of carbonyl (C=O) groups is 1. The number of aromatic nitrogens is 2. The molecule has 8 heteroatoms. The highest BCUT2D eigenvalue weighted by Gasteiger charge is 2.22. The summed E-state index contributed by atoms with van der Waals surface area (Å²) in [5, 5.41) is 7.73. The Morgan fingerprint density at radius 2 is 1.78 bits per heavy atom. The van der Waals surface area contributed by atoms with Gasteiger partial charge < -0.3 is 9.84 Å². The van der Waals surface area contributed by atoms with Gasteiger partial charge in [0.05, 0.1) is 13.1 Å². The lowest BCUT2D eigenvalue weighted by molar-refractivity contribution is -0.124. The molecule has 1 aliphatic heterocycles. The smallest absolute Gasteiger partial charge is 0.241 e. The normalized spacial score (nSPS) is 16.4. The van der Waals surface area contributed by atoms with Gasteiger partial charge in [-0.25, -0.2) is 0 Å². The molecule has 1 amide bonds. The number of hydrogen-bond donors (Lipinski definition) is 1. The van der Waals surface area contributed by atoms with Crippen LogP contribution in [0.2, 0.25) is 5.02 Å². The molecule has 0 spiro atoms. The number of halogens is 1. The van der Waals surface area contributed by atoms with E-state index in [9.17, 15) is 4.79 Å². The minimum absolute atomic E-state index is 0.0699. The highest BCUT2D eigenvalue weighted by molar-refractivity contribution is 6.30. The zero-order valence-corrected chi connectivity index (χ0v) is 16.8. The van der Waals surface area contributed by atoms with E-state index in [-0.39, 0.29) is 11.4 Å². The van der Waals surface area contributed by atoms with Crippen molar-refractivity contribution in [3.05, 3.63) is 35.2 Å². The fourth-order valence-corrected chi connectivity index (χ4v) is 3.12. The Morgan fingerprint density at radius 1 is 1.15 bits per heavy atom. The zero-order valence-electron chi connectivity index (χ0n) is 16.0. The molecule has 2 aromatic rings. The van der Waals surface area contributed by atoms with Crippen molar-refractivity contribution in [1.29, 1.82) is 0 Å².